The third-order valence-electron chi connectivity index (χ3n) is 3.54. The molecule has 0 bridgehead atoms. The van der Waals surface area contributed by atoms with Crippen molar-refractivity contribution in [2.75, 3.05) is 5.32 Å². The molecule has 130 valence electrons. The van der Waals surface area contributed by atoms with Crippen LogP contribution in [0, 0.1) is 0 Å². The minimum atomic E-state index is -4.78. The lowest BCUT2D eigenvalue weighted by molar-refractivity contribution is -0.274. The molecule has 0 saturated heterocycles. The molecule has 2 aromatic carbocycles. The summed E-state index contributed by atoms with van der Waals surface area (Å²) in [5, 5.41) is 2.50. The maximum Gasteiger partial charge on any atom is 0.573 e. The molecule has 0 fully saturated rings. The number of hydrogen-bond donors (Lipinski definition) is 1. The van der Waals surface area contributed by atoms with Crippen molar-refractivity contribution in [3.63, 3.8) is 0 Å². The van der Waals surface area contributed by atoms with Gasteiger partial charge in [0.25, 0.3) is 5.91 Å². The lowest BCUT2D eigenvalue weighted by Gasteiger charge is -2.23. The first-order chi connectivity index (χ1) is 11.8. The number of nitrogens with one attached hydrogen (secondary N) is 1. The summed E-state index contributed by atoms with van der Waals surface area (Å²) >= 11 is 0. The first-order valence-corrected chi connectivity index (χ1v) is 7.27. The Balaban J connectivity index is 1.66. The molecule has 1 atom stereocenters. The van der Waals surface area contributed by atoms with Crippen molar-refractivity contribution in [1.82, 2.24) is 0 Å². The van der Waals surface area contributed by atoms with Crippen molar-refractivity contribution in [3.05, 3.63) is 59.7 Å². The summed E-state index contributed by atoms with van der Waals surface area (Å²) in [6.07, 6.45) is -5.56. The summed E-state index contributed by atoms with van der Waals surface area (Å²) in [7, 11) is 0. The number of fused-ring (bicyclic) bond motifs is 1. The third-order valence-corrected chi connectivity index (χ3v) is 3.54. The summed E-state index contributed by atoms with van der Waals surface area (Å²) in [5.41, 5.74) is 1.38. The zero-order chi connectivity index (χ0) is 18.0. The summed E-state index contributed by atoms with van der Waals surface area (Å²) in [4.78, 5) is 24.1. The van der Waals surface area contributed by atoms with Crippen LogP contribution in [0.5, 0.6) is 5.75 Å². The first-order valence-electron chi connectivity index (χ1n) is 7.27. The number of esters is 1. The van der Waals surface area contributed by atoms with Gasteiger partial charge in [0.15, 0.2) is 6.10 Å². The summed E-state index contributed by atoms with van der Waals surface area (Å²) < 4.78 is 45.2. The number of halogens is 3. The Kier molecular flexibility index (Phi) is 4.35. The molecular weight excluding hydrogens is 339 g/mol. The molecule has 3 rings (SSSR count). The van der Waals surface area contributed by atoms with E-state index in [4.69, 9.17) is 4.74 Å². The van der Waals surface area contributed by atoms with Crippen molar-refractivity contribution >= 4 is 17.6 Å². The molecular formula is C17H12F3NO4. The van der Waals surface area contributed by atoms with Crippen LogP contribution < -0.4 is 10.1 Å². The quantitative estimate of drug-likeness (QED) is 0.862. The third kappa shape index (κ3) is 4.09. The second kappa shape index (κ2) is 6.46. The van der Waals surface area contributed by atoms with Crippen molar-refractivity contribution in [1.29, 1.82) is 0 Å². The van der Waals surface area contributed by atoms with Gasteiger partial charge in [-0.1, -0.05) is 18.2 Å². The summed E-state index contributed by atoms with van der Waals surface area (Å²) in [6.45, 7) is 0. The molecule has 0 unspecified atom stereocenters. The number of amides is 1. The number of carbonyl (C=O) groups is 2. The average Bonchev–Trinajstić information content (AvgIpc) is 2.55. The fourth-order valence-electron chi connectivity index (χ4n) is 2.44. The Labute approximate surface area is 140 Å². The van der Waals surface area contributed by atoms with E-state index >= 15 is 0 Å². The summed E-state index contributed by atoms with van der Waals surface area (Å²) in [5.74, 6) is -1.55. The molecule has 0 radical (unpaired) electrons. The van der Waals surface area contributed by atoms with Crippen LogP contribution in [0.4, 0.5) is 18.9 Å². The zero-order valence-electron chi connectivity index (χ0n) is 12.7. The minimum Gasteiger partial charge on any atom is -0.448 e. The number of rotatable bonds is 3. The van der Waals surface area contributed by atoms with E-state index in [0.29, 0.717) is 11.1 Å². The number of ether oxygens (including phenoxy) is 2. The Bertz CT molecular complexity index is 802. The number of alkyl halides is 3. The van der Waals surface area contributed by atoms with Crippen LogP contribution in [0.3, 0.4) is 0 Å². The van der Waals surface area contributed by atoms with Gasteiger partial charge in [-0.05, 0) is 35.9 Å². The van der Waals surface area contributed by atoms with Gasteiger partial charge in [-0.3, -0.25) is 4.79 Å². The molecule has 0 aromatic heterocycles. The van der Waals surface area contributed by atoms with E-state index < -0.39 is 30.1 Å². The molecule has 5 nitrogen and oxygen atoms in total. The summed E-state index contributed by atoms with van der Waals surface area (Å²) in [6, 6.07) is 11.5. The van der Waals surface area contributed by atoms with Crippen LogP contribution in [0.1, 0.15) is 15.9 Å². The van der Waals surface area contributed by atoms with Gasteiger partial charge in [0.2, 0.25) is 0 Å². The van der Waals surface area contributed by atoms with Gasteiger partial charge >= 0.3 is 12.3 Å². The normalized spacial score (nSPS) is 16.6. The lowest BCUT2D eigenvalue weighted by Crippen LogP contribution is -2.37. The van der Waals surface area contributed by atoms with E-state index in [1.807, 2.05) is 0 Å². The maximum atomic E-state index is 12.2. The number of benzene rings is 2. The Morgan fingerprint density at radius 3 is 2.48 bits per heavy atom. The highest BCUT2D eigenvalue weighted by molar-refractivity contribution is 6.00. The van der Waals surface area contributed by atoms with Gasteiger partial charge in [-0.15, -0.1) is 13.2 Å². The number of anilines is 1. The molecule has 0 spiro atoms. The first kappa shape index (κ1) is 16.8. The topological polar surface area (TPSA) is 64.6 Å². The SMILES string of the molecule is O=C1O[C@@H](C(=O)Nc2ccc(OC(F)(F)F)cc2)Cc2ccccc21. The Hall–Kier alpha value is -3.03. The van der Waals surface area contributed by atoms with Crippen molar-refractivity contribution in [2.45, 2.75) is 18.9 Å². The highest BCUT2D eigenvalue weighted by Crippen LogP contribution is 2.25. The van der Waals surface area contributed by atoms with Gasteiger partial charge in [0, 0.05) is 12.1 Å². The van der Waals surface area contributed by atoms with Crippen molar-refractivity contribution in [2.24, 2.45) is 0 Å². The van der Waals surface area contributed by atoms with E-state index in [-0.39, 0.29) is 12.1 Å². The van der Waals surface area contributed by atoms with Crippen molar-refractivity contribution < 1.29 is 32.2 Å². The molecule has 8 heteroatoms. The molecule has 0 aliphatic carbocycles. The zero-order valence-corrected chi connectivity index (χ0v) is 12.7. The maximum absolute atomic E-state index is 12.2. The number of hydrogen-bond acceptors (Lipinski definition) is 4. The van der Waals surface area contributed by atoms with Crippen LogP contribution in [0.15, 0.2) is 48.5 Å². The van der Waals surface area contributed by atoms with Crippen LogP contribution in [0.2, 0.25) is 0 Å². The number of cyclic esters (lactones) is 1. The second-order valence-corrected chi connectivity index (χ2v) is 5.32. The van der Waals surface area contributed by atoms with E-state index in [2.05, 4.69) is 10.1 Å². The van der Waals surface area contributed by atoms with E-state index in [0.717, 1.165) is 12.1 Å². The molecule has 1 aliphatic heterocycles. The molecule has 1 N–H and O–H groups in total. The van der Waals surface area contributed by atoms with Crippen LogP contribution in [0.25, 0.3) is 0 Å². The molecule has 1 aliphatic rings. The Morgan fingerprint density at radius 2 is 1.80 bits per heavy atom. The monoisotopic (exact) mass is 351 g/mol. The van der Waals surface area contributed by atoms with E-state index in [9.17, 15) is 22.8 Å². The van der Waals surface area contributed by atoms with Crippen LogP contribution >= 0.6 is 0 Å². The molecule has 1 heterocycles. The molecule has 2 aromatic rings. The smallest absolute Gasteiger partial charge is 0.448 e. The van der Waals surface area contributed by atoms with Gasteiger partial charge in [0.05, 0.1) is 5.56 Å². The van der Waals surface area contributed by atoms with Gasteiger partial charge < -0.3 is 14.8 Å². The van der Waals surface area contributed by atoms with Crippen LogP contribution in [-0.4, -0.2) is 24.3 Å². The average molecular weight is 351 g/mol. The lowest BCUT2D eigenvalue weighted by atomic mass is 9.98. The van der Waals surface area contributed by atoms with Gasteiger partial charge in [0.1, 0.15) is 5.75 Å². The van der Waals surface area contributed by atoms with Gasteiger partial charge in [-0.25, -0.2) is 4.79 Å². The predicted octanol–water partition coefficient (Wildman–Crippen LogP) is 3.31. The second-order valence-electron chi connectivity index (χ2n) is 5.32. The minimum absolute atomic E-state index is 0.225. The molecule has 0 saturated carbocycles. The fourth-order valence-corrected chi connectivity index (χ4v) is 2.44. The molecule has 1 amide bonds. The molecule has 25 heavy (non-hydrogen) atoms. The Morgan fingerprint density at radius 1 is 1.12 bits per heavy atom. The highest BCUT2D eigenvalue weighted by atomic mass is 19.4. The largest absolute Gasteiger partial charge is 0.573 e. The van der Waals surface area contributed by atoms with Crippen molar-refractivity contribution in [3.8, 4) is 5.75 Å². The van der Waals surface area contributed by atoms with Gasteiger partial charge in [-0.2, -0.15) is 0 Å². The predicted molar refractivity (Wildman–Crippen MR) is 81.1 cm³/mol. The fraction of sp³-hybridized carbons (Fsp3) is 0.176. The highest BCUT2D eigenvalue weighted by Gasteiger charge is 2.32. The standard InChI is InChI=1S/C17H12F3NO4/c18-17(19,20)25-12-7-5-11(6-8-12)21-15(22)14-9-10-3-1-2-4-13(10)16(23)24-14/h1-8,14H,9H2,(H,21,22)/t14-/m1/s1. The van der Waals surface area contributed by atoms with E-state index in [1.54, 1.807) is 24.3 Å². The van der Waals surface area contributed by atoms with E-state index in [1.165, 1.54) is 12.1 Å². The number of carbonyl (C=O) groups excluding carboxylic acids is 2. The van der Waals surface area contributed by atoms with Crippen LogP contribution in [-0.2, 0) is 16.0 Å².